The number of methoxy groups -OCH3 is 1. The van der Waals surface area contributed by atoms with Gasteiger partial charge in [-0.2, -0.15) is 0 Å². The number of anilines is 1. The number of amides is 1. The van der Waals surface area contributed by atoms with Gasteiger partial charge in [-0.1, -0.05) is 69.3 Å². The second-order valence-electron chi connectivity index (χ2n) is 10.8. The highest BCUT2D eigenvalue weighted by atomic mass is 16.5. The van der Waals surface area contributed by atoms with Crippen LogP contribution < -0.4 is 4.90 Å². The highest BCUT2D eigenvalue weighted by Crippen LogP contribution is 2.35. The number of ether oxygens (including phenoxy) is 1. The molecule has 3 aromatic rings. The molecule has 37 heavy (non-hydrogen) atoms. The lowest BCUT2D eigenvalue weighted by molar-refractivity contribution is -0.126. The lowest BCUT2D eigenvalue weighted by atomic mass is 9.84. The van der Waals surface area contributed by atoms with Gasteiger partial charge in [-0.3, -0.25) is 14.6 Å². The molecule has 0 spiro atoms. The maximum absolute atomic E-state index is 13.9. The zero-order chi connectivity index (χ0) is 26.8. The number of rotatable bonds is 6. The summed E-state index contributed by atoms with van der Waals surface area (Å²) in [4.78, 5) is 34.7. The molecule has 1 amide bonds. The van der Waals surface area contributed by atoms with Crippen LogP contribution in [0.3, 0.4) is 0 Å². The Balaban J connectivity index is 1.77. The van der Waals surface area contributed by atoms with E-state index in [0.717, 1.165) is 17.2 Å². The van der Waals surface area contributed by atoms with Crippen molar-refractivity contribution in [2.24, 2.45) is 5.41 Å². The Morgan fingerprint density at radius 1 is 1.05 bits per heavy atom. The van der Waals surface area contributed by atoms with E-state index in [1.807, 2.05) is 70.1 Å². The van der Waals surface area contributed by atoms with E-state index in [1.165, 1.54) is 18.2 Å². The van der Waals surface area contributed by atoms with Gasteiger partial charge in [0.25, 0.3) is 0 Å². The average Bonchev–Trinajstić information content (AvgIpc) is 2.90. The molecule has 6 heteroatoms. The Bertz CT molecular complexity index is 1370. The standard InChI is InChI=1S/C31H35N3O3/c1-30(2,3)29(36)34(27-26-13-12-25(28(35)37-6)20-24(26)16-19-32-27)21-31(33(4)5)17-14-23(15-18-31)22-10-8-7-9-11-22/h7-17,19-20H,18,21H2,1-6H3. The van der Waals surface area contributed by atoms with Crippen LogP contribution in [-0.4, -0.2) is 55.0 Å². The topological polar surface area (TPSA) is 62.7 Å². The molecule has 2 aromatic carbocycles. The van der Waals surface area contributed by atoms with E-state index in [0.29, 0.717) is 17.9 Å². The van der Waals surface area contributed by atoms with Gasteiger partial charge in [-0.05, 0) is 61.3 Å². The number of fused-ring (bicyclic) bond motifs is 1. The van der Waals surface area contributed by atoms with Crippen molar-refractivity contribution in [3.05, 3.63) is 90.1 Å². The summed E-state index contributed by atoms with van der Waals surface area (Å²) < 4.78 is 4.89. The maximum atomic E-state index is 13.9. The number of hydrogen-bond acceptors (Lipinski definition) is 5. The Labute approximate surface area is 219 Å². The lowest BCUT2D eigenvalue weighted by Gasteiger charge is -2.43. The summed E-state index contributed by atoms with van der Waals surface area (Å²) in [5, 5.41) is 1.63. The zero-order valence-electron chi connectivity index (χ0n) is 22.5. The zero-order valence-corrected chi connectivity index (χ0v) is 22.5. The molecule has 0 radical (unpaired) electrons. The molecule has 1 aliphatic rings. The molecule has 0 saturated carbocycles. The van der Waals surface area contributed by atoms with Crippen molar-refractivity contribution in [3.8, 4) is 0 Å². The third-order valence-electron chi connectivity index (χ3n) is 6.99. The monoisotopic (exact) mass is 497 g/mol. The predicted octanol–water partition coefficient (Wildman–Crippen LogP) is 5.74. The summed E-state index contributed by atoms with van der Waals surface area (Å²) in [5.74, 6) is 0.168. The van der Waals surface area contributed by atoms with Gasteiger partial charge in [0, 0.05) is 23.5 Å². The van der Waals surface area contributed by atoms with E-state index < -0.39 is 16.9 Å². The normalized spacial score (nSPS) is 17.5. The number of nitrogens with zero attached hydrogens (tertiary/aromatic N) is 3. The van der Waals surface area contributed by atoms with E-state index in [4.69, 9.17) is 4.74 Å². The first kappa shape index (κ1) is 26.3. The number of allylic oxidation sites excluding steroid dienone is 2. The Hall–Kier alpha value is -3.77. The molecule has 0 N–H and O–H groups in total. The molecular weight excluding hydrogens is 462 g/mol. The van der Waals surface area contributed by atoms with Crippen molar-refractivity contribution < 1.29 is 14.3 Å². The maximum Gasteiger partial charge on any atom is 0.337 e. The molecule has 1 atom stereocenters. The third-order valence-corrected chi connectivity index (χ3v) is 6.99. The second-order valence-corrected chi connectivity index (χ2v) is 10.8. The number of benzene rings is 2. The highest BCUT2D eigenvalue weighted by Gasteiger charge is 2.39. The third kappa shape index (κ3) is 5.35. The van der Waals surface area contributed by atoms with E-state index in [2.05, 4.69) is 40.2 Å². The molecular formula is C31H35N3O3. The summed E-state index contributed by atoms with van der Waals surface area (Å²) >= 11 is 0. The van der Waals surface area contributed by atoms with E-state index in [9.17, 15) is 9.59 Å². The van der Waals surface area contributed by atoms with Crippen molar-refractivity contribution in [3.63, 3.8) is 0 Å². The molecule has 4 rings (SSSR count). The Morgan fingerprint density at radius 3 is 2.38 bits per heavy atom. The quantitative estimate of drug-likeness (QED) is 0.406. The van der Waals surface area contributed by atoms with Crippen molar-refractivity contribution in [2.75, 3.05) is 32.6 Å². The van der Waals surface area contributed by atoms with E-state index in [-0.39, 0.29) is 5.91 Å². The summed E-state index contributed by atoms with van der Waals surface area (Å²) in [6.45, 7) is 6.20. The molecule has 0 aliphatic heterocycles. The molecule has 1 aromatic heterocycles. The van der Waals surface area contributed by atoms with Crippen LogP contribution in [0.1, 0.15) is 43.1 Å². The number of hydrogen-bond donors (Lipinski definition) is 0. The van der Waals surface area contributed by atoms with Crippen LogP contribution in [0.2, 0.25) is 0 Å². The summed E-state index contributed by atoms with van der Waals surface area (Å²) in [6, 6.07) is 17.5. The van der Waals surface area contributed by atoms with Gasteiger partial charge in [0.15, 0.2) is 0 Å². The van der Waals surface area contributed by atoms with E-state index >= 15 is 0 Å². The van der Waals surface area contributed by atoms with Crippen molar-refractivity contribution in [1.82, 2.24) is 9.88 Å². The van der Waals surface area contributed by atoms with Gasteiger partial charge in [0.1, 0.15) is 5.82 Å². The van der Waals surface area contributed by atoms with Crippen LogP contribution in [0.15, 0.2) is 79.0 Å². The first-order chi connectivity index (χ1) is 17.6. The van der Waals surface area contributed by atoms with Crippen molar-refractivity contribution >= 4 is 34.0 Å². The predicted molar refractivity (Wildman–Crippen MR) is 149 cm³/mol. The van der Waals surface area contributed by atoms with Crippen LogP contribution >= 0.6 is 0 Å². The van der Waals surface area contributed by atoms with Gasteiger partial charge in [-0.25, -0.2) is 9.78 Å². The molecule has 192 valence electrons. The molecule has 0 fully saturated rings. The van der Waals surface area contributed by atoms with Gasteiger partial charge >= 0.3 is 5.97 Å². The lowest BCUT2D eigenvalue weighted by Crippen LogP contribution is -2.55. The van der Waals surface area contributed by atoms with Crippen LogP contribution in [0.5, 0.6) is 0 Å². The number of esters is 1. The fraction of sp³-hybridized carbons (Fsp3) is 0.323. The number of likely N-dealkylation sites (N-methyl/N-ethyl adjacent to an activating group) is 1. The fourth-order valence-electron chi connectivity index (χ4n) is 4.65. The first-order valence-corrected chi connectivity index (χ1v) is 12.5. The minimum atomic E-state index is -0.618. The molecule has 0 saturated heterocycles. The van der Waals surface area contributed by atoms with Gasteiger partial charge in [0.2, 0.25) is 5.91 Å². The van der Waals surface area contributed by atoms with Crippen LogP contribution in [0.4, 0.5) is 5.82 Å². The molecule has 1 heterocycles. The second kappa shape index (κ2) is 10.3. The summed E-state index contributed by atoms with van der Waals surface area (Å²) in [7, 11) is 5.46. The van der Waals surface area contributed by atoms with Gasteiger partial charge < -0.3 is 4.74 Å². The van der Waals surface area contributed by atoms with Crippen molar-refractivity contribution in [2.45, 2.75) is 32.7 Å². The minimum absolute atomic E-state index is 0.0167. The van der Waals surface area contributed by atoms with Gasteiger partial charge in [0.05, 0.1) is 18.2 Å². The van der Waals surface area contributed by atoms with Gasteiger partial charge in [-0.15, -0.1) is 0 Å². The number of aromatic nitrogens is 1. The smallest absolute Gasteiger partial charge is 0.337 e. The molecule has 1 aliphatic carbocycles. The van der Waals surface area contributed by atoms with Crippen LogP contribution in [0, 0.1) is 5.41 Å². The summed E-state index contributed by atoms with van der Waals surface area (Å²) in [6.07, 6.45) is 9.03. The fourth-order valence-corrected chi connectivity index (χ4v) is 4.65. The molecule has 1 unspecified atom stereocenters. The van der Waals surface area contributed by atoms with E-state index in [1.54, 1.807) is 18.3 Å². The Morgan fingerprint density at radius 2 is 1.78 bits per heavy atom. The summed E-state index contributed by atoms with van der Waals surface area (Å²) in [5.41, 5.74) is 1.76. The van der Waals surface area contributed by atoms with Crippen LogP contribution in [0.25, 0.3) is 16.3 Å². The van der Waals surface area contributed by atoms with Crippen molar-refractivity contribution in [1.29, 1.82) is 0 Å². The molecule has 6 nitrogen and oxygen atoms in total. The highest BCUT2D eigenvalue weighted by molar-refractivity contribution is 6.05. The number of pyridine rings is 1. The SMILES string of the molecule is COC(=O)c1ccc2c(N(CC3(N(C)C)C=CC(c4ccccc4)=CC3)C(=O)C(C)(C)C)nccc2c1. The number of carbonyl (C=O) groups is 2. The Kier molecular flexibility index (Phi) is 7.32. The van der Waals surface area contributed by atoms with Crippen LogP contribution in [-0.2, 0) is 9.53 Å². The minimum Gasteiger partial charge on any atom is -0.465 e. The average molecular weight is 498 g/mol. The number of carbonyl (C=O) groups excluding carboxylic acids is 2. The first-order valence-electron chi connectivity index (χ1n) is 12.5. The molecule has 0 bridgehead atoms. The largest absolute Gasteiger partial charge is 0.465 e.